The highest BCUT2D eigenvalue weighted by Crippen LogP contribution is 2.33. The highest BCUT2D eigenvalue weighted by molar-refractivity contribution is 5.79. The molecule has 0 amide bonds. The first-order chi connectivity index (χ1) is 14.7. The van der Waals surface area contributed by atoms with Crippen LogP contribution in [0, 0.1) is 0 Å². The van der Waals surface area contributed by atoms with Gasteiger partial charge < -0.3 is 14.0 Å². The van der Waals surface area contributed by atoms with Crippen molar-refractivity contribution < 1.29 is 9.47 Å². The van der Waals surface area contributed by atoms with Crippen LogP contribution in [0.1, 0.15) is 32.6 Å². The maximum atomic E-state index is 12.9. The fourth-order valence-corrected chi connectivity index (χ4v) is 3.69. The number of ether oxygens (including phenoxy) is 2. The van der Waals surface area contributed by atoms with E-state index in [4.69, 9.17) is 9.47 Å². The summed E-state index contributed by atoms with van der Waals surface area (Å²) < 4.78 is 14.8. The average molecular weight is 405 g/mol. The Morgan fingerprint density at radius 1 is 1.10 bits per heavy atom. The van der Waals surface area contributed by atoms with Gasteiger partial charge in [0.2, 0.25) is 0 Å². The zero-order valence-corrected chi connectivity index (χ0v) is 16.9. The molecule has 3 aromatic heterocycles. The second-order valence-corrected chi connectivity index (χ2v) is 7.44. The third-order valence-corrected chi connectivity index (χ3v) is 5.32. The van der Waals surface area contributed by atoms with Crippen LogP contribution in [0.15, 0.2) is 41.5 Å². The van der Waals surface area contributed by atoms with Crippen molar-refractivity contribution in [2.24, 2.45) is 0 Å². The van der Waals surface area contributed by atoms with Crippen LogP contribution < -0.4 is 15.0 Å². The van der Waals surface area contributed by atoms with Crippen molar-refractivity contribution in [1.82, 2.24) is 24.1 Å². The Kier molecular flexibility index (Phi) is 4.82. The normalized spacial score (nSPS) is 13.6. The molecule has 0 saturated carbocycles. The van der Waals surface area contributed by atoms with Crippen LogP contribution in [0.2, 0.25) is 0 Å². The molecule has 0 spiro atoms. The van der Waals surface area contributed by atoms with Crippen molar-refractivity contribution >= 4 is 16.7 Å². The lowest BCUT2D eigenvalue weighted by atomic mass is 10.2. The Morgan fingerprint density at radius 3 is 2.83 bits per heavy atom. The molecule has 0 aliphatic carbocycles. The van der Waals surface area contributed by atoms with Gasteiger partial charge in [-0.3, -0.25) is 4.79 Å². The van der Waals surface area contributed by atoms with E-state index in [-0.39, 0.29) is 5.56 Å². The van der Waals surface area contributed by atoms with Gasteiger partial charge >= 0.3 is 0 Å². The first-order valence-electron chi connectivity index (χ1n) is 10.4. The van der Waals surface area contributed by atoms with Crippen molar-refractivity contribution in [2.75, 3.05) is 13.2 Å². The molecule has 0 N–H and O–H groups in total. The lowest BCUT2D eigenvalue weighted by Crippen LogP contribution is -2.20. The van der Waals surface area contributed by atoms with E-state index >= 15 is 0 Å². The number of unbranched alkanes of at least 4 members (excludes halogenated alkanes) is 2. The van der Waals surface area contributed by atoms with Crippen LogP contribution in [0.25, 0.3) is 28.1 Å². The molecule has 1 aliphatic rings. The molecule has 8 heteroatoms. The molecule has 8 nitrogen and oxygen atoms in total. The fraction of sp³-hybridized carbons (Fsp3) is 0.364. The minimum absolute atomic E-state index is 0.0503. The summed E-state index contributed by atoms with van der Waals surface area (Å²) >= 11 is 0. The van der Waals surface area contributed by atoms with Crippen molar-refractivity contribution in [3.8, 4) is 22.9 Å². The maximum Gasteiger partial charge on any atom is 0.261 e. The van der Waals surface area contributed by atoms with Crippen molar-refractivity contribution in [2.45, 2.75) is 39.2 Å². The summed E-state index contributed by atoms with van der Waals surface area (Å²) in [5.74, 6) is 2.40. The molecule has 0 bridgehead atoms. The molecule has 5 rings (SSSR count). The second-order valence-electron chi connectivity index (χ2n) is 7.44. The fourth-order valence-electron chi connectivity index (χ4n) is 3.69. The molecule has 0 radical (unpaired) electrons. The summed E-state index contributed by atoms with van der Waals surface area (Å²) in [7, 11) is 0. The topological polar surface area (TPSA) is 83.5 Å². The summed E-state index contributed by atoms with van der Waals surface area (Å²) in [4.78, 5) is 21.8. The standard InChI is InChI=1S/C22H23N5O3/c1-2-3-4-9-26-10-8-17-16(21(26)28)14-23-22-24-20(25-27(17)22)15-6-7-18-19(13-15)30-12-5-11-29-18/h6-8,10,13-14H,2-5,9,11-12H2,1H3. The predicted octanol–water partition coefficient (Wildman–Crippen LogP) is 3.46. The van der Waals surface area contributed by atoms with Crippen LogP contribution in [0.5, 0.6) is 11.5 Å². The van der Waals surface area contributed by atoms with Gasteiger partial charge in [-0.25, -0.2) is 4.98 Å². The van der Waals surface area contributed by atoms with E-state index in [2.05, 4.69) is 22.0 Å². The van der Waals surface area contributed by atoms with E-state index in [1.165, 1.54) is 0 Å². The minimum Gasteiger partial charge on any atom is -0.490 e. The average Bonchev–Trinajstić information content (AvgIpc) is 3.07. The van der Waals surface area contributed by atoms with E-state index in [0.717, 1.165) is 37.0 Å². The van der Waals surface area contributed by atoms with E-state index in [0.29, 0.717) is 48.0 Å². The van der Waals surface area contributed by atoms with E-state index in [9.17, 15) is 4.79 Å². The number of hydrogen-bond acceptors (Lipinski definition) is 6. The lowest BCUT2D eigenvalue weighted by molar-refractivity contribution is 0.297. The van der Waals surface area contributed by atoms with Crippen LogP contribution in [-0.2, 0) is 6.54 Å². The Morgan fingerprint density at radius 2 is 1.97 bits per heavy atom. The summed E-state index contributed by atoms with van der Waals surface area (Å²) in [5, 5.41) is 5.17. The summed E-state index contributed by atoms with van der Waals surface area (Å²) in [6.07, 6.45) is 7.47. The molecule has 30 heavy (non-hydrogen) atoms. The number of benzene rings is 1. The highest BCUT2D eigenvalue weighted by atomic mass is 16.5. The summed E-state index contributed by atoms with van der Waals surface area (Å²) in [5.41, 5.74) is 1.46. The number of rotatable bonds is 5. The first kappa shape index (κ1) is 18.6. The molecule has 0 saturated heterocycles. The monoisotopic (exact) mass is 405 g/mol. The number of hydrogen-bond donors (Lipinski definition) is 0. The van der Waals surface area contributed by atoms with Gasteiger partial charge in [0.1, 0.15) is 0 Å². The van der Waals surface area contributed by atoms with Gasteiger partial charge in [0.25, 0.3) is 11.3 Å². The van der Waals surface area contributed by atoms with Crippen molar-refractivity contribution in [1.29, 1.82) is 0 Å². The molecule has 0 fully saturated rings. The molecule has 1 aromatic carbocycles. The Bertz CT molecular complexity index is 1280. The molecular weight excluding hydrogens is 382 g/mol. The SMILES string of the molecule is CCCCCn1ccc2c(cnc3nc(-c4ccc5c(c4)OCCCO5)nn32)c1=O. The van der Waals surface area contributed by atoms with Gasteiger partial charge in [-0.15, -0.1) is 5.10 Å². The third-order valence-electron chi connectivity index (χ3n) is 5.32. The predicted molar refractivity (Wildman–Crippen MR) is 113 cm³/mol. The van der Waals surface area contributed by atoms with Crippen LogP contribution in [-0.4, -0.2) is 37.4 Å². The molecule has 154 valence electrons. The van der Waals surface area contributed by atoms with Gasteiger partial charge in [0.15, 0.2) is 17.3 Å². The van der Waals surface area contributed by atoms with Crippen LogP contribution in [0.4, 0.5) is 0 Å². The van der Waals surface area contributed by atoms with Crippen LogP contribution in [0.3, 0.4) is 0 Å². The van der Waals surface area contributed by atoms with Crippen molar-refractivity contribution in [3.63, 3.8) is 0 Å². The highest BCUT2D eigenvalue weighted by Gasteiger charge is 2.16. The number of aryl methyl sites for hydroxylation is 1. The van der Waals surface area contributed by atoms with Crippen molar-refractivity contribution in [3.05, 3.63) is 47.0 Å². The quantitative estimate of drug-likeness (QED) is 0.473. The summed E-state index contributed by atoms with van der Waals surface area (Å²) in [6.45, 7) is 4.12. The van der Waals surface area contributed by atoms with Crippen LogP contribution >= 0.6 is 0 Å². The smallest absolute Gasteiger partial charge is 0.261 e. The first-order valence-corrected chi connectivity index (χ1v) is 10.4. The van der Waals surface area contributed by atoms with Gasteiger partial charge in [-0.2, -0.15) is 9.50 Å². The van der Waals surface area contributed by atoms with E-state index < -0.39 is 0 Å². The van der Waals surface area contributed by atoms with E-state index in [1.54, 1.807) is 15.3 Å². The molecule has 0 atom stereocenters. The molecular formula is C22H23N5O3. The molecule has 1 aliphatic heterocycles. The zero-order chi connectivity index (χ0) is 20.5. The van der Waals surface area contributed by atoms with Gasteiger partial charge in [-0.05, 0) is 30.7 Å². The minimum atomic E-state index is -0.0503. The number of aromatic nitrogens is 5. The Hall–Kier alpha value is -3.42. The van der Waals surface area contributed by atoms with Gasteiger partial charge in [-0.1, -0.05) is 19.8 Å². The molecule has 0 unspecified atom stereocenters. The molecule has 4 heterocycles. The Labute approximate surface area is 173 Å². The van der Waals surface area contributed by atoms with Gasteiger partial charge in [0.05, 0.1) is 24.1 Å². The maximum absolute atomic E-state index is 12.9. The lowest BCUT2D eigenvalue weighted by Gasteiger charge is -2.07. The third kappa shape index (κ3) is 3.28. The second kappa shape index (κ2) is 7.78. The number of nitrogens with zero attached hydrogens (tertiary/aromatic N) is 5. The van der Waals surface area contributed by atoms with E-state index in [1.807, 2.05) is 30.5 Å². The largest absolute Gasteiger partial charge is 0.490 e. The summed E-state index contributed by atoms with van der Waals surface area (Å²) in [6, 6.07) is 7.58. The number of pyridine rings is 1. The Balaban J connectivity index is 1.56. The van der Waals surface area contributed by atoms with Gasteiger partial charge in [0, 0.05) is 30.9 Å². The zero-order valence-electron chi connectivity index (χ0n) is 16.9. The number of fused-ring (bicyclic) bond motifs is 4. The molecule has 4 aromatic rings.